The number of hydrogen-bond donors (Lipinski definition) is 2. The van der Waals surface area contributed by atoms with Gasteiger partial charge < -0.3 is 15.8 Å². The molecule has 0 rings (SSSR count). The first kappa shape index (κ1) is 12.4. The van der Waals surface area contributed by atoms with E-state index in [1.165, 1.54) is 0 Å². The van der Waals surface area contributed by atoms with Crippen LogP contribution in [0.15, 0.2) is 0 Å². The quantitative estimate of drug-likeness (QED) is 0.563. The second-order valence-corrected chi connectivity index (χ2v) is 3.01. The maximum absolute atomic E-state index is 11.1. The van der Waals surface area contributed by atoms with Crippen LogP contribution in [0.25, 0.3) is 0 Å². The van der Waals surface area contributed by atoms with Crippen molar-refractivity contribution in [2.75, 3.05) is 20.3 Å². The molecule has 0 saturated carbocycles. The minimum absolute atomic E-state index is 0.0556. The molecule has 0 aliphatic rings. The number of rotatable bonds is 7. The Morgan fingerprint density at radius 3 is 2.77 bits per heavy atom. The third kappa shape index (κ3) is 6.54. The molecular formula is C9H20N2O2. The van der Waals surface area contributed by atoms with Crippen LogP contribution < -0.4 is 11.1 Å². The van der Waals surface area contributed by atoms with E-state index in [9.17, 15) is 4.79 Å². The van der Waals surface area contributed by atoms with Crippen molar-refractivity contribution >= 4 is 5.91 Å². The number of carbonyl (C=O) groups is 1. The van der Waals surface area contributed by atoms with Gasteiger partial charge in [0.05, 0.1) is 6.04 Å². The molecule has 0 aliphatic carbocycles. The highest BCUT2D eigenvalue weighted by Gasteiger charge is 2.08. The van der Waals surface area contributed by atoms with E-state index >= 15 is 0 Å². The fourth-order valence-corrected chi connectivity index (χ4v) is 0.899. The van der Waals surface area contributed by atoms with Gasteiger partial charge in [0.2, 0.25) is 5.91 Å². The Kier molecular flexibility index (Phi) is 7.63. The lowest BCUT2D eigenvalue weighted by molar-refractivity contribution is -0.122. The lowest BCUT2D eigenvalue weighted by Crippen LogP contribution is -2.40. The molecule has 0 radical (unpaired) electrons. The number of ether oxygens (including phenoxy) is 1. The van der Waals surface area contributed by atoms with Crippen LogP contribution in [0.5, 0.6) is 0 Å². The van der Waals surface area contributed by atoms with Crippen molar-refractivity contribution in [1.29, 1.82) is 0 Å². The third-order valence-electron chi connectivity index (χ3n) is 1.85. The average Bonchev–Trinajstić information content (AvgIpc) is 2.16. The predicted molar refractivity (Wildman–Crippen MR) is 52.4 cm³/mol. The Hall–Kier alpha value is -0.610. The van der Waals surface area contributed by atoms with Crippen LogP contribution in [0.4, 0.5) is 0 Å². The van der Waals surface area contributed by atoms with Crippen LogP contribution >= 0.6 is 0 Å². The second kappa shape index (κ2) is 8.01. The van der Waals surface area contributed by atoms with Gasteiger partial charge in [-0.1, -0.05) is 6.92 Å². The van der Waals surface area contributed by atoms with Crippen LogP contribution in [0.1, 0.15) is 26.2 Å². The molecular weight excluding hydrogens is 168 g/mol. The standard InChI is InChI=1S/C9H20N2O2/c1-3-8(10)9(12)11-6-4-5-7-13-2/h8H,3-7,10H2,1-2H3,(H,11,12)/t8-/m1/s1. The van der Waals surface area contributed by atoms with E-state index in [1.807, 2.05) is 6.92 Å². The zero-order chi connectivity index (χ0) is 10.1. The van der Waals surface area contributed by atoms with Crippen molar-refractivity contribution < 1.29 is 9.53 Å². The molecule has 1 amide bonds. The van der Waals surface area contributed by atoms with Crippen molar-refractivity contribution in [2.45, 2.75) is 32.2 Å². The fraction of sp³-hybridized carbons (Fsp3) is 0.889. The van der Waals surface area contributed by atoms with Gasteiger partial charge in [-0.15, -0.1) is 0 Å². The van der Waals surface area contributed by atoms with E-state index in [0.29, 0.717) is 13.0 Å². The zero-order valence-electron chi connectivity index (χ0n) is 8.51. The summed E-state index contributed by atoms with van der Waals surface area (Å²) >= 11 is 0. The van der Waals surface area contributed by atoms with E-state index in [2.05, 4.69) is 5.32 Å². The van der Waals surface area contributed by atoms with E-state index in [-0.39, 0.29) is 11.9 Å². The van der Waals surface area contributed by atoms with E-state index in [1.54, 1.807) is 7.11 Å². The van der Waals surface area contributed by atoms with Crippen LogP contribution in [-0.4, -0.2) is 32.2 Å². The van der Waals surface area contributed by atoms with Crippen molar-refractivity contribution in [2.24, 2.45) is 5.73 Å². The molecule has 4 nitrogen and oxygen atoms in total. The normalized spacial score (nSPS) is 12.5. The summed E-state index contributed by atoms with van der Waals surface area (Å²) in [6, 6.07) is -0.359. The number of nitrogens with one attached hydrogen (secondary N) is 1. The summed E-state index contributed by atoms with van der Waals surface area (Å²) in [5.41, 5.74) is 5.52. The first-order valence-electron chi connectivity index (χ1n) is 4.74. The lowest BCUT2D eigenvalue weighted by Gasteiger charge is -2.09. The number of methoxy groups -OCH3 is 1. The van der Waals surface area contributed by atoms with Crippen molar-refractivity contribution in [3.8, 4) is 0 Å². The number of hydrogen-bond acceptors (Lipinski definition) is 3. The SMILES string of the molecule is CC[C@@H](N)C(=O)NCCCCOC. The monoisotopic (exact) mass is 188 g/mol. The maximum atomic E-state index is 11.1. The molecule has 1 atom stereocenters. The molecule has 0 aromatic rings. The van der Waals surface area contributed by atoms with Gasteiger partial charge in [0.1, 0.15) is 0 Å². The van der Waals surface area contributed by atoms with E-state index < -0.39 is 0 Å². The molecule has 0 aliphatic heterocycles. The summed E-state index contributed by atoms with van der Waals surface area (Å²) in [5.74, 6) is -0.0556. The average molecular weight is 188 g/mol. The van der Waals surface area contributed by atoms with Gasteiger partial charge in [-0.3, -0.25) is 4.79 Å². The van der Waals surface area contributed by atoms with Gasteiger partial charge in [-0.25, -0.2) is 0 Å². The number of amides is 1. The number of unbranched alkanes of at least 4 members (excludes halogenated alkanes) is 1. The number of carbonyl (C=O) groups excluding carboxylic acids is 1. The first-order chi connectivity index (χ1) is 6.22. The minimum atomic E-state index is -0.359. The molecule has 13 heavy (non-hydrogen) atoms. The van der Waals surface area contributed by atoms with E-state index in [0.717, 1.165) is 19.4 Å². The Bertz CT molecular complexity index is 140. The highest BCUT2D eigenvalue weighted by molar-refractivity contribution is 5.81. The molecule has 0 aromatic carbocycles. The van der Waals surface area contributed by atoms with Gasteiger partial charge in [0, 0.05) is 20.3 Å². The highest BCUT2D eigenvalue weighted by Crippen LogP contribution is 1.89. The Morgan fingerprint density at radius 2 is 2.23 bits per heavy atom. The van der Waals surface area contributed by atoms with Crippen molar-refractivity contribution in [3.63, 3.8) is 0 Å². The molecule has 78 valence electrons. The summed E-state index contributed by atoms with van der Waals surface area (Å²) in [4.78, 5) is 11.1. The van der Waals surface area contributed by atoms with E-state index in [4.69, 9.17) is 10.5 Å². The summed E-state index contributed by atoms with van der Waals surface area (Å²) in [6.07, 6.45) is 2.60. The van der Waals surface area contributed by atoms with Crippen LogP contribution in [0, 0.1) is 0 Å². The maximum Gasteiger partial charge on any atom is 0.236 e. The van der Waals surface area contributed by atoms with Gasteiger partial charge in [0.25, 0.3) is 0 Å². The van der Waals surface area contributed by atoms with Gasteiger partial charge in [-0.05, 0) is 19.3 Å². The zero-order valence-corrected chi connectivity index (χ0v) is 8.51. The molecule has 0 fully saturated rings. The molecule has 0 bridgehead atoms. The van der Waals surface area contributed by atoms with Crippen molar-refractivity contribution in [3.05, 3.63) is 0 Å². The topological polar surface area (TPSA) is 64.4 Å². The lowest BCUT2D eigenvalue weighted by atomic mass is 10.2. The number of nitrogens with two attached hydrogens (primary N) is 1. The molecule has 3 N–H and O–H groups in total. The molecule has 0 heterocycles. The van der Waals surface area contributed by atoms with Crippen molar-refractivity contribution in [1.82, 2.24) is 5.32 Å². The largest absolute Gasteiger partial charge is 0.385 e. The second-order valence-electron chi connectivity index (χ2n) is 3.01. The highest BCUT2D eigenvalue weighted by atomic mass is 16.5. The fourth-order valence-electron chi connectivity index (χ4n) is 0.899. The van der Waals surface area contributed by atoms with Gasteiger partial charge in [-0.2, -0.15) is 0 Å². The smallest absolute Gasteiger partial charge is 0.236 e. The van der Waals surface area contributed by atoms with Gasteiger partial charge >= 0.3 is 0 Å². The summed E-state index contributed by atoms with van der Waals surface area (Å²) in [5, 5.41) is 2.77. The Balaban J connectivity index is 3.27. The van der Waals surface area contributed by atoms with Crippen LogP contribution in [0.2, 0.25) is 0 Å². The molecule has 4 heteroatoms. The Morgan fingerprint density at radius 1 is 1.54 bits per heavy atom. The first-order valence-corrected chi connectivity index (χ1v) is 4.74. The minimum Gasteiger partial charge on any atom is -0.385 e. The predicted octanol–water partition coefficient (Wildman–Crippen LogP) is 0.267. The molecule has 0 spiro atoms. The third-order valence-corrected chi connectivity index (χ3v) is 1.85. The molecule has 0 aromatic heterocycles. The summed E-state index contributed by atoms with van der Waals surface area (Å²) in [7, 11) is 1.67. The summed E-state index contributed by atoms with van der Waals surface area (Å²) < 4.78 is 4.88. The van der Waals surface area contributed by atoms with Gasteiger partial charge in [0.15, 0.2) is 0 Å². The Labute approximate surface area is 79.8 Å². The van der Waals surface area contributed by atoms with Crippen LogP contribution in [0.3, 0.4) is 0 Å². The molecule has 0 saturated heterocycles. The summed E-state index contributed by atoms with van der Waals surface area (Å²) in [6.45, 7) is 3.33. The van der Waals surface area contributed by atoms with Crippen LogP contribution in [-0.2, 0) is 9.53 Å². The molecule has 0 unspecified atom stereocenters.